The fourth-order valence-corrected chi connectivity index (χ4v) is 6.63. The summed E-state index contributed by atoms with van der Waals surface area (Å²) in [6.07, 6.45) is 0. The first kappa shape index (κ1) is 40.7. The van der Waals surface area contributed by atoms with Crippen molar-refractivity contribution in [1.82, 2.24) is 0 Å². The van der Waals surface area contributed by atoms with Crippen LogP contribution in [0.2, 0.25) is 0 Å². The summed E-state index contributed by atoms with van der Waals surface area (Å²) < 4.78 is 0. The van der Waals surface area contributed by atoms with E-state index in [0.717, 1.165) is 0 Å². The molecule has 266 valence electrons. The zero-order valence-electron chi connectivity index (χ0n) is 34.6. The quantitative estimate of drug-likeness (QED) is 0.155. The minimum absolute atomic E-state index is 0. The molecule has 0 amide bonds. The number of fused-ring (bicyclic) bond motifs is 2. The van der Waals surface area contributed by atoms with Crippen LogP contribution in [0.3, 0.4) is 0 Å². The molecule has 0 atom stereocenters. The Morgan fingerprint density at radius 3 is 0.843 bits per heavy atom. The first-order valence-corrected chi connectivity index (χ1v) is 18.6. The third-order valence-corrected chi connectivity index (χ3v) is 10.6. The number of hydrogen-bond donors (Lipinski definition) is 0. The third-order valence-electron chi connectivity index (χ3n) is 10.6. The minimum Gasteiger partial charge on any atom is -0.145 e. The van der Waals surface area contributed by atoms with Crippen molar-refractivity contribution < 1.29 is 26.2 Å². The van der Waals surface area contributed by atoms with Crippen LogP contribution in [-0.2, 0) is 47.9 Å². The average Bonchev–Trinajstić information content (AvgIpc) is 3.59. The van der Waals surface area contributed by atoms with Gasteiger partial charge in [-0.05, 0) is 71.6 Å². The van der Waals surface area contributed by atoms with Crippen LogP contribution < -0.4 is 0 Å². The Balaban J connectivity index is 0.000000224. The van der Waals surface area contributed by atoms with Gasteiger partial charge < -0.3 is 0 Å². The van der Waals surface area contributed by atoms with Crippen molar-refractivity contribution in [3.63, 3.8) is 0 Å². The summed E-state index contributed by atoms with van der Waals surface area (Å²) in [5, 5.41) is 5.38. The van der Waals surface area contributed by atoms with Gasteiger partial charge in [0, 0.05) is 0 Å². The minimum atomic E-state index is 0. The number of aryl methyl sites for hydroxylation is 4. The van der Waals surface area contributed by atoms with Crippen molar-refractivity contribution >= 4 is 21.5 Å². The Kier molecular flexibility index (Phi) is 11.5. The van der Waals surface area contributed by atoms with Gasteiger partial charge in [-0.2, -0.15) is 0 Å². The second-order valence-electron chi connectivity index (χ2n) is 19.2. The zero-order valence-corrected chi connectivity index (χ0v) is 37.0. The Hall–Kier alpha value is -3.02. The van der Waals surface area contributed by atoms with Crippen LogP contribution in [0.25, 0.3) is 43.8 Å². The van der Waals surface area contributed by atoms with Crippen molar-refractivity contribution in [1.29, 1.82) is 0 Å². The molecule has 6 aromatic rings. The second kappa shape index (κ2) is 14.4. The Morgan fingerprint density at radius 1 is 0.333 bits per heavy atom. The van der Waals surface area contributed by atoms with Crippen LogP contribution in [0.15, 0.2) is 84.9 Å². The molecule has 0 heterocycles. The molecule has 0 saturated carbocycles. The average molecular weight is 754 g/mol. The molecular weight excluding hydrogens is 692 g/mol. The molecule has 0 aliphatic heterocycles. The van der Waals surface area contributed by atoms with Gasteiger partial charge in [0.25, 0.3) is 0 Å². The molecule has 0 spiro atoms. The molecule has 0 nitrogen and oxygen atoms in total. The van der Waals surface area contributed by atoms with Gasteiger partial charge in [-0.15, -0.1) is 69.1 Å². The van der Waals surface area contributed by atoms with Gasteiger partial charge >= 0.3 is 26.2 Å². The molecule has 6 rings (SSSR count). The van der Waals surface area contributed by atoms with Crippen LogP contribution >= 0.6 is 0 Å². The van der Waals surface area contributed by atoms with Gasteiger partial charge in [-0.1, -0.05) is 165 Å². The summed E-state index contributed by atoms with van der Waals surface area (Å²) in [6, 6.07) is 32.9. The van der Waals surface area contributed by atoms with E-state index >= 15 is 0 Å². The van der Waals surface area contributed by atoms with Crippen molar-refractivity contribution in [3.8, 4) is 22.3 Å². The third kappa shape index (κ3) is 9.32. The smallest absolute Gasteiger partial charge is 0.145 e. The van der Waals surface area contributed by atoms with Crippen LogP contribution in [0.4, 0.5) is 0 Å². The molecule has 0 radical (unpaired) electrons. The van der Waals surface area contributed by atoms with E-state index in [4.69, 9.17) is 0 Å². The topological polar surface area (TPSA) is 0 Å². The zero-order chi connectivity index (χ0) is 37.1. The van der Waals surface area contributed by atoms with Gasteiger partial charge in [0.1, 0.15) is 0 Å². The van der Waals surface area contributed by atoms with Crippen molar-refractivity contribution in [2.75, 3.05) is 0 Å². The van der Waals surface area contributed by atoms with Crippen LogP contribution in [0.1, 0.15) is 128 Å². The van der Waals surface area contributed by atoms with Crippen LogP contribution in [0.5, 0.6) is 0 Å². The van der Waals surface area contributed by atoms with Crippen molar-refractivity contribution in [2.45, 2.75) is 132 Å². The van der Waals surface area contributed by atoms with Crippen molar-refractivity contribution in [2.24, 2.45) is 0 Å². The number of rotatable bonds is 2. The largest absolute Gasteiger partial charge is 2.00 e. The van der Waals surface area contributed by atoms with Gasteiger partial charge in [-0.25, -0.2) is 0 Å². The summed E-state index contributed by atoms with van der Waals surface area (Å²) in [5.41, 5.74) is 17.0. The van der Waals surface area contributed by atoms with Crippen molar-refractivity contribution in [3.05, 3.63) is 129 Å². The molecule has 0 bridgehead atoms. The van der Waals surface area contributed by atoms with E-state index in [-0.39, 0.29) is 47.9 Å². The second-order valence-corrected chi connectivity index (χ2v) is 19.2. The number of benzene rings is 4. The summed E-state index contributed by atoms with van der Waals surface area (Å²) in [5.74, 6) is 0. The molecule has 0 aliphatic carbocycles. The summed E-state index contributed by atoms with van der Waals surface area (Å²) in [6.45, 7) is 36.4. The molecule has 0 aromatic heterocycles. The standard InChI is InChI=1S/2C25H31.Zr/c2*1-16-9-18-11-20(12-19(18)10-17(16)2)21-13-22(24(3,4)5)15-23(14-21)25(6,7)8;/h2*9-15H,1-8H3;/q2*-1;+2. The molecular formula is C50H62Zr. The molecule has 6 aromatic carbocycles. The normalized spacial score (nSPS) is 12.5. The predicted octanol–water partition coefficient (Wildman–Crippen LogP) is 14.9. The predicted molar refractivity (Wildman–Crippen MR) is 224 cm³/mol. The maximum Gasteiger partial charge on any atom is 2.00 e. The summed E-state index contributed by atoms with van der Waals surface area (Å²) >= 11 is 0. The molecule has 1 heteroatoms. The molecule has 0 unspecified atom stereocenters. The first-order chi connectivity index (χ1) is 22.9. The molecule has 0 aliphatic rings. The van der Waals surface area contributed by atoms with Gasteiger partial charge in [0.2, 0.25) is 0 Å². The van der Waals surface area contributed by atoms with E-state index in [9.17, 15) is 0 Å². The SMILES string of the molecule is Cc1cc2cc(-c3cc(C(C)(C)C)cc(C(C)(C)C)c3)[cH-]c2cc1C.Cc1cc2cc(-c3cc(C(C)(C)C)cc(C(C)(C)C)c3)[cH-]c2cc1C.[Zr+2]. The van der Waals surface area contributed by atoms with Gasteiger partial charge in [0.15, 0.2) is 0 Å². The van der Waals surface area contributed by atoms with Gasteiger partial charge in [0.05, 0.1) is 0 Å². The molecule has 0 saturated heterocycles. The Bertz CT molecular complexity index is 1860. The Morgan fingerprint density at radius 2 is 0.588 bits per heavy atom. The van der Waals surface area contributed by atoms with E-state index in [0.29, 0.717) is 0 Å². The number of hydrogen-bond acceptors (Lipinski definition) is 0. The molecule has 51 heavy (non-hydrogen) atoms. The molecule has 0 N–H and O–H groups in total. The van der Waals surface area contributed by atoms with Crippen LogP contribution in [-0.4, -0.2) is 0 Å². The summed E-state index contributed by atoms with van der Waals surface area (Å²) in [7, 11) is 0. The maximum atomic E-state index is 2.39. The fraction of sp³-hybridized carbons (Fsp3) is 0.400. The van der Waals surface area contributed by atoms with E-state index in [1.165, 1.54) is 88.3 Å². The van der Waals surface area contributed by atoms with E-state index < -0.39 is 0 Å². The fourth-order valence-electron chi connectivity index (χ4n) is 6.63. The maximum absolute atomic E-state index is 2.39. The van der Waals surface area contributed by atoms with E-state index in [1.807, 2.05) is 0 Å². The Labute approximate surface area is 329 Å². The monoisotopic (exact) mass is 752 g/mol. The summed E-state index contributed by atoms with van der Waals surface area (Å²) in [4.78, 5) is 0. The van der Waals surface area contributed by atoms with Crippen LogP contribution in [0, 0.1) is 27.7 Å². The van der Waals surface area contributed by atoms with E-state index in [2.05, 4.69) is 196 Å². The van der Waals surface area contributed by atoms with Gasteiger partial charge in [-0.3, -0.25) is 0 Å². The first-order valence-electron chi connectivity index (χ1n) is 18.6. The molecule has 0 fully saturated rings. The van der Waals surface area contributed by atoms with E-state index in [1.54, 1.807) is 0 Å².